The number of rotatable bonds is 5. The minimum absolute atomic E-state index is 0.00711. The fourth-order valence-electron chi connectivity index (χ4n) is 1.13. The van der Waals surface area contributed by atoms with Crippen LogP contribution in [0.3, 0.4) is 0 Å². The van der Waals surface area contributed by atoms with E-state index in [4.69, 9.17) is 11.6 Å². The molecular formula is C10H15ClN4O. The standard InChI is InChI=1S/C10H15ClN4O/c1-7(2)15-9(16)3-4-13-10-8(11)5-12-6-14-10/h5-7H,3-4H2,1-2H3,(H,15,16)(H,12,13,14). The van der Waals surface area contributed by atoms with Gasteiger partial charge in [-0.25, -0.2) is 9.97 Å². The molecule has 1 heterocycles. The summed E-state index contributed by atoms with van der Waals surface area (Å²) >= 11 is 5.84. The molecule has 1 rings (SSSR count). The van der Waals surface area contributed by atoms with Crippen LogP contribution in [0.25, 0.3) is 0 Å². The summed E-state index contributed by atoms with van der Waals surface area (Å²) in [4.78, 5) is 19.0. The first-order chi connectivity index (χ1) is 7.59. The van der Waals surface area contributed by atoms with E-state index in [9.17, 15) is 4.79 Å². The molecule has 0 unspecified atom stereocenters. The van der Waals surface area contributed by atoms with Crippen LogP contribution >= 0.6 is 11.6 Å². The summed E-state index contributed by atoms with van der Waals surface area (Å²) in [5.41, 5.74) is 0. The highest BCUT2D eigenvalue weighted by atomic mass is 35.5. The third-order valence-electron chi connectivity index (χ3n) is 1.76. The van der Waals surface area contributed by atoms with Crippen LogP contribution in [0.4, 0.5) is 5.82 Å². The van der Waals surface area contributed by atoms with Gasteiger partial charge < -0.3 is 10.6 Å². The highest BCUT2D eigenvalue weighted by molar-refractivity contribution is 6.32. The number of anilines is 1. The van der Waals surface area contributed by atoms with Gasteiger partial charge in [-0.1, -0.05) is 11.6 Å². The van der Waals surface area contributed by atoms with Crippen molar-refractivity contribution in [1.29, 1.82) is 0 Å². The Morgan fingerprint density at radius 3 is 2.94 bits per heavy atom. The third kappa shape index (κ3) is 4.44. The molecule has 0 aliphatic rings. The van der Waals surface area contributed by atoms with E-state index in [0.29, 0.717) is 23.8 Å². The number of carbonyl (C=O) groups is 1. The van der Waals surface area contributed by atoms with E-state index >= 15 is 0 Å². The van der Waals surface area contributed by atoms with Gasteiger partial charge in [-0.05, 0) is 13.8 Å². The summed E-state index contributed by atoms with van der Waals surface area (Å²) in [6.07, 6.45) is 3.30. The van der Waals surface area contributed by atoms with Gasteiger partial charge in [-0.2, -0.15) is 0 Å². The largest absolute Gasteiger partial charge is 0.368 e. The van der Waals surface area contributed by atoms with Gasteiger partial charge in [0.05, 0.1) is 6.20 Å². The SMILES string of the molecule is CC(C)NC(=O)CCNc1ncncc1Cl. The molecule has 0 saturated carbocycles. The number of halogens is 1. The van der Waals surface area contributed by atoms with E-state index in [1.54, 1.807) is 0 Å². The Labute approximate surface area is 99.6 Å². The Balaban J connectivity index is 2.31. The quantitative estimate of drug-likeness (QED) is 0.820. The molecule has 0 fully saturated rings. The van der Waals surface area contributed by atoms with Crippen LogP contribution in [0.5, 0.6) is 0 Å². The lowest BCUT2D eigenvalue weighted by Crippen LogP contribution is -2.31. The van der Waals surface area contributed by atoms with Crippen LogP contribution in [-0.4, -0.2) is 28.5 Å². The number of aromatic nitrogens is 2. The van der Waals surface area contributed by atoms with Gasteiger partial charge in [0.2, 0.25) is 5.91 Å². The number of carbonyl (C=O) groups excluding carboxylic acids is 1. The van der Waals surface area contributed by atoms with Crippen LogP contribution in [0.1, 0.15) is 20.3 Å². The van der Waals surface area contributed by atoms with Crippen molar-refractivity contribution in [1.82, 2.24) is 15.3 Å². The zero-order chi connectivity index (χ0) is 12.0. The fourth-order valence-corrected chi connectivity index (χ4v) is 1.30. The number of nitrogens with one attached hydrogen (secondary N) is 2. The molecular weight excluding hydrogens is 228 g/mol. The molecule has 1 aromatic rings. The van der Waals surface area contributed by atoms with Crippen molar-refractivity contribution in [2.75, 3.05) is 11.9 Å². The first kappa shape index (κ1) is 12.7. The molecule has 0 aliphatic heterocycles. The summed E-state index contributed by atoms with van der Waals surface area (Å²) in [6, 6.07) is 0.162. The highest BCUT2D eigenvalue weighted by Gasteiger charge is 2.04. The van der Waals surface area contributed by atoms with Crippen molar-refractivity contribution in [3.63, 3.8) is 0 Å². The first-order valence-corrected chi connectivity index (χ1v) is 5.46. The number of hydrogen-bond acceptors (Lipinski definition) is 4. The van der Waals surface area contributed by atoms with Crippen LogP contribution in [0.15, 0.2) is 12.5 Å². The Hall–Kier alpha value is -1.36. The molecule has 0 aliphatic carbocycles. The number of amides is 1. The molecule has 0 radical (unpaired) electrons. The Morgan fingerprint density at radius 2 is 2.31 bits per heavy atom. The van der Waals surface area contributed by atoms with E-state index in [2.05, 4.69) is 20.6 Å². The van der Waals surface area contributed by atoms with E-state index in [1.807, 2.05) is 13.8 Å². The molecule has 0 bridgehead atoms. The van der Waals surface area contributed by atoms with Gasteiger partial charge in [0.25, 0.3) is 0 Å². The molecule has 1 aromatic heterocycles. The molecule has 2 N–H and O–H groups in total. The van der Waals surface area contributed by atoms with Crippen molar-refractivity contribution in [2.45, 2.75) is 26.3 Å². The maximum atomic E-state index is 11.3. The minimum Gasteiger partial charge on any atom is -0.368 e. The Kier molecular flexibility index (Phi) is 4.98. The van der Waals surface area contributed by atoms with Gasteiger partial charge in [-0.3, -0.25) is 4.79 Å². The predicted octanol–water partition coefficient (Wildman–Crippen LogP) is 1.46. The van der Waals surface area contributed by atoms with Crippen molar-refractivity contribution < 1.29 is 4.79 Å². The second-order valence-electron chi connectivity index (χ2n) is 3.62. The zero-order valence-corrected chi connectivity index (χ0v) is 10.1. The summed E-state index contributed by atoms with van der Waals surface area (Å²) < 4.78 is 0. The van der Waals surface area contributed by atoms with Crippen molar-refractivity contribution in [3.8, 4) is 0 Å². The number of nitrogens with zero attached hydrogens (tertiary/aromatic N) is 2. The van der Waals surface area contributed by atoms with Gasteiger partial charge in [0.1, 0.15) is 17.2 Å². The minimum atomic E-state index is 0.00711. The second-order valence-corrected chi connectivity index (χ2v) is 4.03. The van der Waals surface area contributed by atoms with Crippen LogP contribution in [0, 0.1) is 0 Å². The molecule has 0 saturated heterocycles. The third-order valence-corrected chi connectivity index (χ3v) is 2.04. The Bertz CT molecular complexity index is 356. The summed E-state index contributed by atoms with van der Waals surface area (Å²) in [5.74, 6) is 0.557. The molecule has 0 aromatic carbocycles. The van der Waals surface area contributed by atoms with Gasteiger partial charge in [0.15, 0.2) is 0 Å². The Morgan fingerprint density at radius 1 is 1.56 bits per heavy atom. The summed E-state index contributed by atoms with van der Waals surface area (Å²) in [5, 5.41) is 6.22. The van der Waals surface area contributed by atoms with Crippen molar-refractivity contribution in [2.24, 2.45) is 0 Å². The van der Waals surface area contributed by atoms with Gasteiger partial charge in [0, 0.05) is 19.0 Å². The van der Waals surface area contributed by atoms with Crippen molar-refractivity contribution in [3.05, 3.63) is 17.5 Å². The van der Waals surface area contributed by atoms with Crippen LogP contribution < -0.4 is 10.6 Å². The lowest BCUT2D eigenvalue weighted by atomic mass is 10.3. The fraction of sp³-hybridized carbons (Fsp3) is 0.500. The smallest absolute Gasteiger partial charge is 0.221 e. The van der Waals surface area contributed by atoms with Crippen LogP contribution in [-0.2, 0) is 4.79 Å². The molecule has 5 nitrogen and oxygen atoms in total. The average molecular weight is 243 g/mol. The normalized spacial score (nSPS) is 10.2. The molecule has 6 heteroatoms. The lowest BCUT2D eigenvalue weighted by molar-refractivity contribution is -0.121. The molecule has 0 spiro atoms. The zero-order valence-electron chi connectivity index (χ0n) is 9.33. The topological polar surface area (TPSA) is 66.9 Å². The lowest BCUT2D eigenvalue weighted by Gasteiger charge is -2.09. The molecule has 0 atom stereocenters. The van der Waals surface area contributed by atoms with Crippen molar-refractivity contribution >= 4 is 23.3 Å². The van der Waals surface area contributed by atoms with E-state index < -0.39 is 0 Å². The van der Waals surface area contributed by atoms with Crippen LogP contribution in [0.2, 0.25) is 5.02 Å². The highest BCUT2D eigenvalue weighted by Crippen LogP contribution is 2.15. The van der Waals surface area contributed by atoms with Gasteiger partial charge >= 0.3 is 0 Å². The van der Waals surface area contributed by atoms with Gasteiger partial charge in [-0.15, -0.1) is 0 Å². The first-order valence-electron chi connectivity index (χ1n) is 5.08. The van der Waals surface area contributed by atoms with E-state index in [1.165, 1.54) is 12.5 Å². The predicted molar refractivity (Wildman–Crippen MR) is 63.4 cm³/mol. The molecule has 1 amide bonds. The maximum absolute atomic E-state index is 11.3. The maximum Gasteiger partial charge on any atom is 0.221 e. The second kappa shape index (κ2) is 6.27. The average Bonchev–Trinajstić information content (AvgIpc) is 2.19. The molecule has 88 valence electrons. The number of hydrogen-bond donors (Lipinski definition) is 2. The molecule has 16 heavy (non-hydrogen) atoms. The van der Waals surface area contributed by atoms with E-state index in [-0.39, 0.29) is 11.9 Å². The van der Waals surface area contributed by atoms with E-state index in [0.717, 1.165) is 0 Å². The summed E-state index contributed by atoms with van der Waals surface area (Å²) in [6.45, 7) is 4.34. The monoisotopic (exact) mass is 242 g/mol. The summed E-state index contributed by atoms with van der Waals surface area (Å²) in [7, 11) is 0.